The summed E-state index contributed by atoms with van der Waals surface area (Å²) in [5.74, 6) is 0.543. The van der Waals surface area contributed by atoms with Gasteiger partial charge in [0, 0.05) is 25.0 Å². The zero-order chi connectivity index (χ0) is 23.3. The van der Waals surface area contributed by atoms with Crippen LogP contribution < -0.4 is 10.6 Å². The number of benzene rings is 1. The number of ether oxygens (including phenoxy) is 1. The Bertz CT molecular complexity index is 1150. The molecule has 1 fully saturated rings. The van der Waals surface area contributed by atoms with Crippen LogP contribution in [0.2, 0.25) is 0 Å². The topological polar surface area (TPSA) is 112 Å². The first kappa shape index (κ1) is 22.5. The number of aryl methyl sites for hydroxylation is 1. The third-order valence-corrected chi connectivity index (χ3v) is 6.45. The smallest absolute Gasteiger partial charge is 0.328 e. The van der Waals surface area contributed by atoms with Crippen molar-refractivity contribution < 1.29 is 14.6 Å². The summed E-state index contributed by atoms with van der Waals surface area (Å²) in [6, 6.07) is 10.9. The standard InChI is InChI=1S/C25H30N6O3/c32-25(33)22(30-24-20-7-1-2-8-21(20)27-16-28-24)15-34-19-6-4-12-31(14-19)13-18-10-9-17-5-3-11-26-23(17)29-18/h1-2,7-10,16,19,22H,3-6,11-15H2,(H,26,29)(H,32,33)(H,27,28,30)/t19-,22-/m1/s1. The Morgan fingerprint density at radius 2 is 2.15 bits per heavy atom. The SMILES string of the molecule is O=C(O)[C@@H](CO[C@@H]1CCCN(Cc2ccc3c(n2)NCCC3)C1)Nc1ncnc2ccccc12. The van der Waals surface area contributed by atoms with Gasteiger partial charge < -0.3 is 20.5 Å². The number of nitrogens with one attached hydrogen (secondary N) is 2. The Morgan fingerprint density at radius 1 is 1.24 bits per heavy atom. The van der Waals surface area contributed by atoms with Crippen LogP contribution in [0.5, 0.6) is 0 Å². The van der Waals surface area contributed by atoms with Crippen LogP contribution >= 0.6 is 0 Å². The van der Waals surface area contributed by atoms with Gasteiger partial charge in [-0.1, -0.05) is 18.2 Å². The Morgan fingerprint density at radius 3 is 3.06 bits per heavy atom. The van der Waals surface area contributed by atoms with E-state index in [9.17, 15) is 9.90 Å². The molecule has 3 aromatic rings. The van der Waals surface area contributed by atoms with E-state index in [4.69, 9.17) is 9.72 Å². The third-order valence-electron chi connectivity index (χ3n) is 6.45. The number of nitrogens with zero attached hydrogens (tertiary/aromatic N) is 4. The number of carboxylic acids is 1. The van der Waals surface area contributed by atoms with E-state index in [1.165, 1.54) is 11.9 Å². The molecule has 0 aliphatic carbocycles. The highest BCUT2D eigenvalue weighted by Gasteiger charge is 2.25. The quantitative estimate of drug-likeness (QED) is 0.465. The van der Waals surface area contributed by atoms with E-state index in [2.05, 4.69) is 37.6 Å². The van der Waals surface area contributed by atoms with Crippen LogP contribution in [0.4, 0.5) is 11.6 Å². The van der Waals surface area contributed by atoms with Crippen molar-refractivity contribution in [2.75, 3.05) is 36.9 Å². The number of anilines is 2. The van der Waals surface area contributed by atoms with Gasteiger partial charge in [-0.15, -0.1) is 0 Å². The van der Waals surface area contributed by atoms with Crippen LogP contribution in [-0.4, -0.2) is 69.3 Å². The van der Waals surface area contributed by atoms with Crippen molar-refractivity contribution in [3.63, 3.8) is 0 Å². The second-order valence-electron chi connectivity index (χ2n) is 8.95. The fraction of sp³-hybridized carbons (Fsp3) is 0.440. The molecule has 1 saturated heterocycles. The number of fused-ring (bicyclic) bond motifs is 2. The van der Waals surface area contributed by atoms with Gasteiger partial charge in [-0.05, 0) is 56.0 Å². The molecule has 1 aromatic carbocycles. The normalized spacial score (nSPS) is 19.2. The second kappa shape index (κ2) is 10.3. The minimum atomic E-state index is -0.971. The minimum absolute atomic E-state index is 0.0182. The Labute approximate surface area is 198 Å². The Kier molecular flexibility index (Phi) is 6.82. The van der Waals surface area contributed by atoms with Crippen molar-refractivity contribution in [3.05, 3.63) is 54.0 Å². The molecule has 0 amide bonds. The van der Waals surface area contributed by atoms with Crippen molar-refractivity contribution in [2.45, 2.75) is 44.4 Å². The summed E-state index contributed by atoms with van der Waals surface area (Å²) in [6.07, 6.45) is 5.58. The molecular formula is C25H30N6O3. The van der Waals surface area contributed by atoms with E-state index < -0.39 is 12.0 Å². The van der Waals surface area contributed by atoms with Crippen LogP contribution in [0.15, 0.2) is 42.7 Å². The maximum absolute atomic E-state index is 11.9. The number of likely N-dealkylation sites (tertiary alicyclic amines) is 1. The number of aliphatic carboxylic acids is 1. The number of carboxylic acid groups (broad SMARTS) is 1. The average molecular weight is 463 g/mol. The highest BCUT2D eigenvalue weighted by molar-refractivity contribution is 5.90. The molecule has 2 aliphatic rings. The molecule has 34 heavy (non-hydrogen) atoms. The van der Waals surface area contributed by atoms with Crippen molar-refractivity contribution in [3.8, 4) is 0 Å². The first-order chi connectivity index (χ1) is 16.7. The molecule has 0 bridgehead atoms. The van der Waals surface area contributed by atoms with E-state index in [0.29, 0.717) is 5.82 Å². The number of hydrogen-bond donors (Lipinski definition) is 3. The first-order valence-electron chi connectivity index (χ1n) is 11.9. The molecule has 5 rings (SSSR count). The zero-order valence-corrected chi connectivity index (χ0v) is 19.1. The summed E-state index contributed by atoms with van der Waals surface area (Å²) in [5, 5.41) is 17.0. The molecule has 0 radical (unpaired) electrons. The molecule has 2 atom stereocenters. The number of rotatable bonds is 8. The maximum atomic E-state index is 11.9. The van der Waals surface area contributed by atoms with E-state index in [0.717, 1.165) is 74.3 Å². The third kappa shape index (κ3) is 5.26. The van der Waals surface area contributed by atoms with Crippen LogP contribution in [-0.2, 0) is 22.5 Å². The van der Waals surface area contributed by atoms with Gasteiger partial charge in [-0.25, -0.2) is 19.7 Å². The highest BCUT2D eigenvalue weighted by Crippen LogP contribution is 2.22. The van der Waals surface area contributed by atoms with Crippen LogP contribution in [0, 0.1) is 0 Å². The number of carbonyl (C=O) groups is 1. The van der Waals surface area contributed by atoms with Crippen molar-refractivity contribution >= 4 is 28.5 Å². The molecule has 4 heterocycles. The lowest BCUT2D eigenvalue weighted by Crippen LogP contribution is -2.42. The van der Waals surface area contributed by atoms with Gasteiger partial charge in [0.2, 0.25) is 0 Å². The van der Waals surface area contributed by atoms with Gasteiger partial charge >= 0.3 is 5.97 Å². The van der Waals surface area contributed by atoms with Crippen molar-refractivity contribution in [1.82, 2.24) is 19.9 Å². The molecule has 178 valence electrons. The van der Waals surface area contributed by atoms with E-state index >= 15 is 0 Å². The fourth-order valence-corrected chi connectivity index (χ4v) is 4.67. The summed E-state index contributed by atoms with van der Waals surface area (Å²) in [4.78, 5) is 27.6. The number of aromatic nitrogens is 3. The van der Waals surface area contributed by atoms with Gasteiger partial charge in [0.1, 0.15) is 24.0 Å². The van der Waals surface area contributed by atoms with E-state index in [1.807, 2.05) is 24.3 Å². The maximum Gasteiger partial charge on any atom is 0.328 e. The summed E-state index contributed by atoms with van der Waals surface area (Å²) >= 11 is 0. The van der Waals surface area contributed by atoms with Gasteiger partial charge in [-0.3, -0.25) is 4.90 Å². The van der Waals surface area contributed by atoms with Gasteiger partial charge in [0.25, 0.3) is 0 Å². The van der Waals surface area contributed by atoms with Gasteiger partial charge in [0.05, 0.1) is 23.9 Å². The molecule has 2 aromatic heterocycles. The van der Waals surface area contributed by atoms with Crippen molar-refractivity contribution in [1.29, 1.82) is 0 Å². The van der Waals surface area contributed by atoms with Crippen molar-refractivity contribution in [2.24, 2.45) is 0 Å². The lowest BCUT2D eigenvalue weighted by Gasteiger charge is -2.33. The Hall–Kier alpha value is -3.30. The molecule has 9 heteroatoms. The average Bonchev–Trinajstić information content (AvgIpc) is 2.86. The summed E-state index contributed by atoms with van der Waals surface area (Å²) in [7, 11) is 0. The zero-order valence-electron chi connectivity index (χ0n) is 19.1. The number of para-hydroxylation sites is 1. The van der Waals surface area contributed by atoms with Crippen LogP contribution in [0.3, 0.4) is 0 Å². The second-order valence-corrected chi connectivity index (χ2v) is 8.95. The molecule has 0 saturated carbocycles. The fourth-order valence-electron chi connectivity index (χ4n) is 4.67. The molecule has 0 unspecified atom stereocenters. The molecule has 2 aliphatic heterocycles. The molecule has 3 N–H and O–H groups in total. The van der Waals surface area contributed by atoms with E-state index in [-0.39, 0.29) is 12.7 Å². The predicted molar refractivity (Wildman–Crippen MR) is 130 cm³/mol. The largest absolute Gasteiger partial charge is 0.480 e. The molecule has 9 nitrogen and oxygen atoms in total. The minimum Gasteiger partial charge on any atom is -0.480 e. The first-order valence-corrected chi connectivity index (χ1v) is 11.9. The van der Waals surface area contributed by atoms with Crippen LogP contribution in [0.1, 0.15) is 30.5 Å². The Balaban J connectivity index is 1.18. The van der Waals surface area contributed by atoms with Gasteiger partial charge in [-0.2, -0.15) is 0 Å². The summed E-state index contributed by atoms with van der Waals surface area (Å²) in [5.41, 5.74) is 3.10. The number of hydrogen-bond acceptors (Lipinski definition) is 8. The van der Waals surface area contributed by atoms with E-state index in [1.54, 1.807) is 0 Å². The lowest BCUT2D eigenvalue weighted by molar-refractivity contribution is -0.140. The predicted octanol–water partition coefficient (Wildman–Crippen LogP) is 2.93. The summed E-state index contributed by atoms with van der Waals surface area (Å²) < 4.78 is 6.09. The molecule has 0 spiro atoms. The number of pyridine rings is 1. The molecular weight excluding hydrogens is 432 g/mol. The summed E-state index contributed by atoms with van der Waals surface area (Å²) in [6.45, 7) is 3.55. The van der Waals surface area contributed by atoms with Gasteiger partial charge in [0.15, 0.2) is 0 Å². The number of piperidine rings is 1. The van der Waals surface area contributed by atoms with Crippen LogP contribution in [0.25, 0.3) is 10.9 Å². The lowest BCUT2D eigenvalue weighted by atomic mass is 10.1. The highest BCUT2D eigenvalue weighted by atomic mass is 16.5. The monoisotopic (exact) mass is 462 g/mol.